The topological polar surface area (TPSA) is 52.3 Å². The number of esters is 1. The van der Waals surface area contributed by atoms with Crippen molar-refractivity contribution in [3.05, 3.63) is 28.8 Å². The lowest BCUT2D eigenvalue weighted by atomic mass is 10.2. The van der Waals surface area contributed by atoms with E-state index in [1.807, 2.05) is 0 Å². The van der Waals surface area contributed by atoms with Crippen LogP contribution in [0.15, 0.2) is 18.2 Å². The van der Waals surface area contributed by atoms with Crippen LogP contribution < -0.4 is 5.73 Å². The van der Waals surface area contributed by atoms with Gasteiger partial charge < -0.3 is 10.5 Å². The summed E-state index contributed by atoms with van der Waals surface area (Å²) < 4.78 is 4.78. The van der Waals surface area contributed by atoms with E-state index < -0.39 is 0 Å². The highest BCUT2D eigenvalue weighted by molar-refractivity contribution is 6.33. The number of nitrogen functional groups attached to an aromatic ring is 1. The first-order chi connectivity index (χ1) is 6.09. The van der Waals surface area contributed by atoms with Crippen LogP contribution in [0.5, 0.6) is 0 Å². The summed E-state index contributed by atoms with van der Waals surface area (Å²) in [4.78, 5) is 10.5. The second-order valence-electron chi connectivity index (χ2n) is 2.64. The van der Waals surface area contributed by atoms with Crippen LogP contribution in [-0.4, -0.2) is 5.97 Å². The average molecular weight is 200 g/mol. The maximum atomic E-state index is 10.5. The molecule has 4 heteroatoms. The van der Waals surface area contributed by atoms with Gasteiger partial charge in [-0.2, -0.15) is 0 Å². The largest absolute Gasteiger partial charge is 0.461 e. The third kappa shape index (κ3) is 2.95. The van der Waals surface area contributed by atoms with Crippen LogP contribution in [-0.2, 0) is 16.1 Å². The monoisotopic (exact) mass is 199 g/mol. The summed E-state index contributed by atoms with van der Waals surface area (Å²) in [6, 6.07) is 5.13. The van der Waals surface area contributed by atoms with Crippen molar-refractivity contribution in [3.63, 3.8) is 0 Å². The van der Waals surface area contributed by atoms with Gasteiger partial charge in [0.1, 0.15) is 6.61 Å². The number of ether oxygens (including phenoxy) is 1. The Morgan fingerprint density at radius 1 is 1.62 bits per heavy atom. The Morgan fingerprint density at radius 3 is 2.85 bits per heavy atom. The second kappa shape index (κ2) is 4.14. The van der Waals surface area contributed by atoms with E-state index in [4.69, 9.17) is 22.1 Å². The van der Waals surface area contributed by atoms with Crippen molar-refractivity contribution < 1.29 is 9.53 Å². The van der Waals surface area contributed by atoms with Crippen molar-refractivity contribution in [2.24, 2.45) is 0 Å². The normalized spacial score (nSPS) is 9.69. The highest BCUT2D eigenvalue weighted by Gasteiger charge is 1.99. The lowest BCUT2D eigenvalue weighted by molar-refractivity contribution is -0.142. The van der Waals surface area contributed by atoms with Crippen molar-refractivity contribution in [2.75, 3.05) is 5.73 Å². The van der Waals surface area contributed by atoms with Crippen LogP contribution >= 0.6 is 11.6 Å². The predicted octanol–water partition coefficient (Wildman–Crippen LogP) is 1.99. The Bertz CT molecular complexity index is 325. The Balaban J connectivity index is 2.68. The summed E-state index contributed by atoms with van der Waals surface area (Å²) in [5.41, 5.74) is 6.85. The fraction of sp³-hybridized carbons (Fsp3) is 0.222. The maximum Gasteiger partial charge on any atom is 0.302 e. The van der Waals surface area contributed by atoms with Gasteiger partial charge in [-0.05, 0) is 17.7 Å². The molecule has 0 saturated heterocycles. The minimum absolute atomic E-state index is 0.231. The van der Waals surface area contributed by atoms with E-state index in [2.05, 4.69) is 0 Å². The van der Waals surface area contributed by atoms with Crippen LogP contribution in [0.4, 0.5) is 5.69 Å². The minimum atomic E-state index is -0.312. The fourth-order valence-electron chi connectivity index (χ4n) is 0.845. The van der Waals surface area contributed by atoms with E-state index in [-0.39, 0.29) is 12.6 Å². The van der Waals surface area contributed by atoms with E-state index in [0.29, 0.717) is 10.7 Å². The first-order valence-corrected chi connectivity index (χ1v) is 4.14. The molecule has 1 aromatic carbocycles. The molecule has 0 atom stereocenters. The number of benzene rings is 1. The standard InChI is InChI=1S/C9H10ClNO2/c1-6(12)13-5-7-2-3-9(11)8(10)4-7/h2-4H,5,11H2,1H3. The summed E-state index contributed by atoms with van der Waals surface area (Å²) >= 11 is 5.76. The molecule has 0 saturated carbocycles. The SMILES string of the molecule is CC(=O)OCc1ccc(N)c(Cl)c1. The Kier molecular flexibility index (Phi) is 3.14. The van der Waals surface area contributed by atoms with Crippen molar-refractivity contribution in [1.82, 2.24) is 0 Å². The molecule has 0 bridgehead atoms. The zero-order valence-electron chi connectivity index (χ0n) is 7.21. The predicted molar refractivity (Wildman–Crippen MR) is 51.3 cm³/mol. The summed E-state index contributed by atoms with van der Waals surface area (Å²) in [5.74, 6) is -0.312. The second-order valence-corrected chi connectivity index (χ2v) is 3.04. The Morgan fingerprint density at radius 2 is 2.31 bits per heavy atom. The highest BCUT2D eigenvalue weighted by Crippen LogP contribution is 2.19. The number of hydrogen-bond donors (Lipinski definition) is 1. The van der Waals surface area contributed by atoms with Crippen LogP contribution in [0.1, 0.15) is 12.5 Å². The smallest absolute Gasteiger partial charge is 0.302 e. The number of rotatable bonds is 2. The van der Waals surface area contributed by atoms with Crippen molar-refractivity contribution in [1.29, 1.82) is 0 Å². The molecule has 1 rings (SSSR count). The molecule has 0 amide bonds. The van der Waals surface area contributed by atoms with E-state index in [1.54, 1.807) is 18.2 Å². The van der Waals surface area contributed by atoms with Gasteiger partial charge >= 0.3 is 5.97 Å². The van der Waals surface area contributed by atoms with Crippen LogP contribution in [0.3, 0.4) is 0 Å². The van der Waals surface area contributed by atoms with Crippen LogP contribution in [0, 0.1) is 0 Å². The highest BCUT2D eigenvalue weighted by atomic mass is 35.5. The fourth-order valence-corrected chi connectivity index (χ4v) is 1.05. The first kappa shape index (κ1) is 9.86. The Labute approximate surface area is 81.4 Å². The molecule has 0 aliphatic rings. The van der Waals surface area contributed by atoms with Gasteiger partial charge in [0.25, 0.3) is 0 Å². The first-order valence-electron chi connectivity index (χ1n) is 3.77. The van der Waals surface area contributed by atoms with E-state index in [0.717, 1.165) is 5.56 Å². The van der Waals surface area contributed by atoms with Gasteiger partial charge in [-0.1, -0.05) is 17.7 Å². The molecule has 0 spiro atoms. The maximum absolute atomic E-state index is 10.5. The average Bonchev–Trinajstić information content (AvgIpc) is 2.07. The molecular weight excluding hydrogens is 190 g/mol. The molecule has 0 aliphatic carbocycles. The molecule has 2 N–H and O–H groups in total. The number of nitrogens with two attached hydrogens (primary N) is 1. The van der Waals surface area contributed by atoms with Crippen LogP contribution in [0.2, 0.25) is 5.02 Å². The zero-order chi connectivity index (χ0) is 9.84. The molecule has 1 aromatic rings. The molecule has 70 valence electrons. The summed E-state index contributed by atoms with van der Waals surface area (Å²) in [7, 11) is 0. The molecule has 3 nitrogen and oxygen atoms in total. The molecule has 0 heterocycles. The van der Waals surface area contributed by atoms with Gasteiger partial charge in [-0.15, -0.1) is 0 Å². The van der Waals surface area contributed by atoms with E-state index in [1.165, 1.54) is 6.92 Å². The number of anilines is 1. The molecular formula is C9H10ClNO2. The van der Waals surface area contributed by atoms with Gasteiger partial charge in [0, 0.05) is 6.92 Å². The van der Waals surface area contributed by atoms with E-state index >= 15 is 0 Å². The number of carbonyl (C=O) groups excluding carboxylic acids is 1. The molecule has 13 heavy (non-hydrogen) atoms. The van der Waals surface area contributed by atoms with Crippen molar-refractivity contribution in [2.45, 2.75) is 13.5 Å². The lowest BCUT2D eigenvalue weighted by Crippen LogP contribution is -1.99. The van der Waals surface area contributed by atoms with Crippen molar-refractivity contribution in [3.8, 4) is 0 Å². The third-order valence-corrected chi connectivity index (χ3v) is 1.83. The molecule has 0 aliphatic heterocycles. The van der Waals surface area contributed by atoms with Gasteiger partial charge in [-0.25, -0.2) is 0 Å². The van der Waals surface area contributed by atoms with E-state index in [9.17, 15) is 4.79 Å². The minimum Gasteiger partial charge on any atom is -0.461 e. The van der Waals surface area contributed by atoms with Crippen molar-refractivity contribution >= 4 is 23.3 Å². The quantitative estimate of drug-likeness (QED) is 0.586. The lowest BCUT2D eigenvalue weighted by Gasteiger charge is -2.03. The molecule has 0 aromatic heterocycles. The van der Waals surface area contributed by atoms with Crippen LogP contribution in [0.25, 0.3) is 0 Å². The molecule has 0 unspecified atom stereocenters. The summed E-state index contributed by atoms with van der Waals surface area (Å²) in [5, 5.41) is 0.477. The van der Waals surface area contributed by atoms with Gasteiger partial charge in [0.15, 0.2) is 0 Å². The third-order valence-electron chi connectivity index (χ3n) is 1.51. The van der Waals surface area contributed by atoms with Gasteiger partial charge in [0.2, 0.25) is 0 Å². The Hall–Kier alpha value is -1.22. The number of hydrogen-bond acceptors (Lipinski definition) is 3. The zero-order valence-corrected chi connectivity index (χ0v) is 7.97. The summed E-state index contributed by atoms with van der Waals surface area (Å²) in [6.45, 7) is 1.59. The summed E-state index contributed by atoms with van der Waals surface area (Å²) in [6.07, 6.45) is 0. The van der Waals surface area contributed by atoms with Gasteiger partial charge in [0.05, 0.1) is 10.7 Å². The molecule has 0 radical (unpaired) electrons. The number of carbonyl (C=O) groups is 1. The van der Waals surface area contributed by atoms with Gasteiger partial charge in [-0.3, -0.25) is 4.79 Å². The molecule has 0 fully saturated rings. The number of halogens is 1.